The minimum atomic E-state index is -0.502. The first kappa shape index (κ1) is 20.4. The van der Waals surface area contributed by atoms with Gasteiger partial charge in [0, 0.05) is 24.9 Å². The van der Waals surface area contributed by atoms with Crippen LogP contribution in [0.25, 0.3) is 11.0 Å². The molecule has 0 saturated carbocycles. The van der Waals surface area contributed by atoms with Gasteiger partial charge in [-0.05, 0) is 43.5 Å². The van der Waals surface area contributed by atoms with E-state index >= 15 is 0 Å². The van der Waals surface area contributed by atoms with Crippen LogP contribution in [0.4, 0.5) is 4.79 Å². The van der Waals surface area contributed by atoms with E-state index in [1.54, 1.807) is 0 Å². The Balaban J connectivity index is 1.36. The van der Waals surface area contributed by atoms with E-state index in [2.05, 4.69) is 5.32 Å². The second kappa shape index (κ2) is 8.22. The van der Waals surface area contributed by atoms with Crippen molar-refractivity contribution in [3.05, 3.63) is 65.4 Å². The van der Waals surface area contributed by atoms with Crippen LogP contribution in [0.3, 0.4) is 0 Å². The lowest BCUT2D eigenvalue weighted by atomic mass is 9.95. The summed E-state index contributed by atoms with van der Waals surface area (Å²) >= 11 is 0. The maximum Gasteiger partial charge on any atom is 0.407 e. The van der Waals surface area contributed by atoms with Gasteiger partial charge in [-0.3, -0.25) is 4.79 Å². The van der Waals surface area contributed by atoms with Crippen LogP contribution in [0, 0.1) is 6.92 Å². The van der Waals surface area contributed by atoms with Crippen LogP contribution in [0.2, 0.25) is 0 Å². The van der Waals surface area contributed by atoms with Gasteiger partial charge in [-0.1, -0.05) is 30.3 Å². The fraction of sp³-hybridized carbons (Fsp3) is 0.360. The number of ether oxygens (including phenoxy) is 2. The number of nitrogens with zero attached hydrogens (tertiary/aromatic N) is 1. The molecule has 1 unspecified atom stereocenters. The summed E-state index contributed by atoms with van der Waals surface area (Å²) in [6.45, 7) is 3.93. The summed E-state index contributed by atoms with van der Waals surface area (Å²) in [5, 5.41) is 3.50. The first-order chi connectivity index (χ1) is 15.5. The molecule has 1 spiro atoms. The third-order valence-electron chi connectivity index (χ3n) is 6.35. The van der Waals surface area contributed by atoms with Gasteiger partial charge < -0.3 is 24.1 Å². The molecule has 0 aliphatic carbocycles. The highest BCUT2D eigenvalue weighted by molar-refractivity contribution is 6.07. The maximum atomic E-state index is 13.5. The first-order valence-corrected chi connectivity index (χ1v) is 11.0. The van der Waals surface area contributed by atoms with Gasteiger partial charge in [-0.25, -0.2) is 4.79 Å². The SMILES string of the molecule is Cc1oc2ccc(OCc3ccccc3)cc2c1C(=O)N1CCCC2(CC1)CNC(=O)O2. The Labute approximate surface area is 186 Å². The summed E-state index contributed by atoms with van der Waals surface area (Å²) in [4.78, 5) is 26.9. The predicted octanol–water partition coefficient (Wildman–Crippen LogP) is 4.42. The average Bonchev–Trinajstić information content (AvgIpc) is 3.24. The van der Waals surface area contributed by atoms with Crippen LogP contribution >= 0.6 is 0 Å². The van der Waals surface area contributed by atoms with Crippen LogP contribution in [0.1, 0.15) is 40.9 Å². The van der Waals surface area contributed by atoms with Gasteiger partial charge >= 0.3 is 6.09 Å². The van der Waals surface area contributed by atoms with E-state index in [1.807, 2.05) is 60.4 Å². The summed E-state index contributed by atoms with van der Waals surface area (Å²) in [6.07, 6.45) is 1.78. The standard InChI is InChI=1S/C25H26N2O5/c1-17-22(23(28)27-12-5-10-25(11-13-27)16-26-24(29)32-25)20-14-19(8-9-21(20)31-17)30-15-18-6-3-2-4-7-18/h2-4,6-9,14H,5,10-13,15-16H2,1H3,(H,26,29). The van der Waals surface area contributed by atoms with Crippen molar-refractivity contribution >= 4 is 23.0 Å². The van der Waals surface area contributed by atoms with Crippen LogP contribution < -0.4 is 10.1 Å². The Hall–Kier alpha value is -3.48. The van der Waals surface area contributed by atoms with E-state index in [0.29, 0.717) is 55.3 Å². The smallest absolute Gasteiger partial charge is 0.407 e. The number of furan rings is 1. The topological polar surface area (TPSA) is 81.0 Å². The summed E-state index contributed by atoms with van der Waals surface area (Å²) in [7, 11) is 0. The van der Waals surface area contributed by atoms with Crippen LogP contribution in [0.15, 0.2) is 52.9 Å². The lowest BCUT2D eigenvalue weighted by molar-refractivity contribution is 0.0439. The largest absolute Gasteiger partial charge is 0.489 e. The molecule has 7 nitrogen and oxygen atoms in total. The number of hydrogen-bond donors (Lipinski definition) is 1. The molecule has 32 heavy (non-hydrogen) atoms. The third kappa shape index (κ3) is 3.90. The Kier molecular flexibility index (Phi) is 5.25. The number of amides is 2. The van der Waals surface area contributed by atoms with Gasteiger partial charge in [0.05, 0.1) is 12.1 Å². The number of likely N-dealkylation sites (tertiary alicyclic amines) is 1. The van der Waals surface area contributed by atoms with Crippen LogP contribution in [-0.2, 0) is 11.3 Å². The minimum absolute atomic E-state index is 0.0595. The molecule has 2 aliphatic heterocycles. The molecule has 1 N–H and O–H groups in total. The summed E-state index contributed by atoms with van der Waals surface area (Å²) in [5.74, 6) is 1.23. The molecule has 2 fully saturated rings. The first-order valence-electron chi connectivity index (χ1n) is 11.0. The number of fused-ring (bicyclic) bond motifs is 1. The number of hydrogen-bond acceptors (Lipinski definition) is 5. The lowest BCUT2D eigenvalue weighted by Crippen LogP contribution is -2.36. The number of aryl methyl sites for hydroxylation is 1. The van der Waals surface area contributed by atoms with E-state index in [4.69, 9.17) is 13.9 Å². The summed E-state index contributed by atoms with van der Waals surface area (Å²) in [6, 6.07) is 15.5. The van der Waals surface area contributed by atoms with Crippen LogP contribution in [0.5, 0.6) is 5.75 Å². The molecular weight excluding hydrogens is 408 g/mol. The maximum absolute atomic E-state index is 13.5. The molecule has 1 atom stereocenters. The molecule has 2 aromatic carbocycles. The quantitative estimate of drug-likeness (QED) is 0.657. The summed E-state index contributed by atoms with van der Waals surface area (Å²) in [5.41, 5.74) is 1.81. The predicted molar refractivity (Wildman–Crippen MR) is 119 cm³/mol. The zero-order valence-electron chi connectivity index (χ0n) is 18.1. The number of rotatable bonds is 4. The van der Waals surface area contributed by atoms with Gasteiger partial charge in [0.1, 0.15) is 29.3 Å². The van der Waals surface area contributed by atoms with Crippen molar-refractivity contribution in [1.82, 2.24) is 10.2 Å². The van der Waals surface area contributed by atoms with Crippen molar-refractivity contribution in [2.75, 3.05) is 19.6 Å². The van der Waals surface area contributed by atoms with Gasteiger partial charge in [0.25, 0.3) is 5.91 Å². The number of alkyl carbamates (subject to hydrolysis) is 1. The molecule has 1 aromatic heterocycles. The Morgan fingerprint density at radius 3 is 2.78 bits per heavy atom. The van der Waals surface area contributed by atoms with Gasteiger partial charge in [-0.15, -0.1) is 0 Å². The van der Waals surface area contributed by atoms with Crippen molar-refractivity contribution < 1.29 is 23.5 Å². The van der Waals surface area contributed by atoms with Gasteiger partial charge in [-0.2, -0.15) is 0 Å². The zero-order chi connectivity index (χ0) is 22.1. The molecule has 3 aromatic rings. The number of carbonyl (C=O) groups excluding carboxylic acids is 2. The Morgan fingerprint density at radius 1 is 1.16 bits per heavy atom. The van der Waals surface area contributed by atoms with E-state index in [-0.39, 0.29) is 12.0 Å². The monoisotopic (exact) mass is 434 g/mol. The Bertz CT molecular complexity index is 1160. The minimum Gasteiger partial charge on any atom is -0.489 e. The van der Waals surface area contributed by atoms with Crippen molar-refractivity contribution in [3.8, 4) is 5.75 Å². The molecule has 0 bridgehead atoms. The van der Waals surface area contributed by atoms with E-state index < -0.39 is 5.60 Å². The number of carbonyl (C=O) groups is 2. The number of nitrogens with one attached hydrogen (secondary N) is 1. The summed E-state index contributed by atoms with van der Waals surface area (Å²) < 4.78 is 17.4. The van der Waals surface area contributed by atoms with E-state index in [9.17, 15) is 9.59 Å². The fourth-order valence-corrected chi connectivity index (χ4v) is 4.61. The number of benzene rings is 2. The van der Waals surface area contributed by atoms with Gasteiger partial charge in [0.2, 0.25) is 0 Å². The average molecular weight is 434 g/mol. The fourth-order valence-electron chi connectivity index (χ4n) is 4.61. The molecule has 0 radical (unpaired) electrons. The molecule has 5 rings (SSSR count). The molecule has 166 valence electrons. The highest BCUT2D eigenvalue weighted by atomic mass is 16.6. The molecule has 2 aliphatic rings. The molecule has 2 amide bonds. The van der Waals surface area contributed by atoms with E-state index in [0.717, 1.165) is 23.8 Å². The third-order valence-corrected chi connectivity index (χ3v) is 6.35. The lowest BCUT2D eigenvalue weighted by Gasteiger charge is -2.25. The van der Waals surface area contributed by atoms with E-state index in [1.165, 1.54) is 0 Å². The molecule has 7 heteroatoms. The van der Waals surface area contributed by atoms with Crippen molar-refractivity contribution in [1.29, 1.82) is 0 Å². The second-order valence-electron chi connectivity index (χ2n) is 8.54. The zero-order valence-corrected chi connectivity index (χ0v) is 18.1. The molecular formula is C25H26N2O5. The normalized spacial score (nSPS) is 20.8. The highest BCUT2D eigenvalue weighted by Crippen LogP contribution is 2.33. The molecule has 2 saturated heterocycles. The van der Waals surface area contributed by atoms with Crippen molar-refractivity contribution in [2.45, 2.75) is 38.4 Å². The van der Waals surface area contributed by atoms with Crippen molar-refractivity contribution in [2.24, 2.45) is 0 Å². The van der Waals surface area contributed by atoms with Gasteiger partial charge in [0.15, 0.2) is 0 Å². The Morgan fingerprint density at radius 2 is 2.00 bits per heavy atom. The highest BCUT2D eigenvalue weighted by Gasteiger charge is 2.42. The second-order valence-corrected chi connectivity index (χ2v) is 8.54. The molecule has 3 heterocycles. The van der Waals surface area contributed by atoms with Crippen LogP contribution in [-0.4, -0.2) is 42.1 Å². The van der Waals surface area contributed by atoms with Crippen molar-refractivity contribution in [3.63, 3.8) is 0 Å².